The van der Waals surface area contributed by atoms with Crippen LogP contribution < -0.4 is 4.74 Å². The Bertz CT molecular complexity index is 785. The molecule has 0 saturated carbocycles. The van der Waals surface area contributed by atoms with Crippen molar-refractivity contribution in [1.29, 1.82) is 5.26 Å². The molecule has 1 aromatic carbocycles. The lowest BCUT2D eigenvalue weighted by Crippen LogP contribution is -2.10. The van der Waals surface area contributed by atoms with E-state index in [1.165, 1.54) is 23.3 Å². The van der Waals surface area contributed by atoms with Gasteiger partial charge in [-0.05, 0) is 56.7 Å². The third kappa shape index (κ3) is 3.52. The standard InChI is InChI=1S/C20H22N2OS/c1-3-14(2)23-18-10-6-4-8-15(18)13-22-20-17(12-21)16-9-5-7-11-19(16)24-20/h4,6,8,10,13-14H,3,5,7,9,11H2,1-2H3/t14-/m1/s1. The van der Waals surface area contributed by atoms with E-state index in [1.54, 1.807) is 11.3 Å². The molecular formula is C20H22N2OS. The third-order valence-corrected chi connectivity index (χ3v) is 5.61. The van der Waals surface area contributed by atoms with E-state index in [0.717, 1.165) is 41.1 Å². The van der Waals surface area contributed by atoms with E-state index in [-0.39, 0.29) is 6.10 Å². The monoisotopic (exact) mass is 338 g/mol. The molecule has 1 aliphatic carbocycles. The number of nitriles is 1. The zero-order valence-electron chi connectivity index (χ0n) is 14.2. The van der Waals surface area contributed by atoms with Crippen LogP contribution in [0.1, 0.15) is 54.7 Å². The summed E-state index contributed by atoms with van der Waals surface area (Å²) in [6.45, 7) is 4.17. The molecule has 2 aromatic rings. The first-order valence-electron chi connectivity index (χ1n) is 8.57. The molecule has 3 rings (SSSR count). The Balaban J connectivity index is 1.90. The fourth-order valence-corrected chi connectivity index (χ4v) is 4.06. The van der Waals surface area contributed by atoms with Crippen LogP contribution >= 0.6 is 11.3 Å². The van der Waals surface area contributed by atoms with Crippen LogP contribution in [0.15, 0.2) is 29.3 Å². The Morgan fingerprint density at radius 2 is 2.12 bits per heavy atom. The first-order valence-corrected chi connectivity index (χ1v) is 9.39. The summed E-state index contributed by atoms with van der Waals surface area (Å²) in [5, 5.41) is 10.4. The zero-order valence-corrected chi connectivity index (χ0v) is 15.0. The van der Waals surface area contributed by atoms with E-state index >= 15 is 0 Å². The number of rotatable bonds is 5. The number of aliphatic imine (C=N–C) groups is 1. The van der Waals surface area contributed by atoms with Crippen LogP contribution in [0.2, 0.25) is 0 Å². The molecule has 0 radical (unpaired) electrons. The van der Waals surface area contributed by atoms with Gasteiger partial charge in [0.1, 0.15) is 16.8 Å². The first-order chi connectivity index (χ1) is 11.7. The van der Waals surface area contributed by atoms with Crippen molar-refractivity contribution in [2.24, 2.45) is 4.99 Å². The maximum atomic E-state index is 9.52. The van der Waals surface area contributed by atoms with Gasteiger partial charge in [-0.2, -0.15) is 5.26 Å². The van der Waals surface area contributed by atoms with Crippen molar-refractivity contribution < 1.29 is 4.74 Å². The molecule has 1 aromatic heterocycles. The maximum absolute atomic E-state index is 9.52. The Hall–Kier alpha value is -2.12. The number of hydrogen-bond donors (Lipinski definition) is 0. The van der Waals surface area contributed by atoms with Gasteiger partial charge < -0.3 is 4.74 Å². The van der Waals surface area contributed by atoms with Crippen LogP contribution in [0.25, 0.3) is 0 Å². The molecule has 1 aliphatic rings. The molecule has 4 heteroatoms. The number of nitrogens with zero attached hydrogens (tertiary/aromatic N) is 2. The highest BCUT2D eigenvalue weighted by molar-refractivity contribution is 7.16. The van der Waals surface area contributed by atoms with Crippen LogP contribution in [0.5, 0.6) is 5.75 Å². The molecule has 0 aliphatic heterocycles. The van der Waals surface area contributed by atoms with Crippen molar-refractivity contribution >= 4 is 22.6 Å². The number of fused-ring (bicyclic) bond motifs is 1. The highest BCUT2D eigenvalue weighted by Crippen LogP contribution is 2.39. The van der Waals surface area contributed by atoms with Gasteiger partial charge in [-0.15, -0.1) is 11.3 Å². The van der Waals surface area contributed by atoms with Crippen molar-refractivity contribution in [3.8, 4) is 11.8 Å². The summed E-state index contributed by atoms with van der Waals surface area (Å²) >= 11 is 1.67. The number of hydrogen-bond acceptors (Lipinski definition) is 4. The first kappa shape index (κ1) is 16.7. The van der Waals surface area contributed by atoms with Crippen molar-refractivity contribution in [3.05, 3.63) is 45.8 Å². The molecule has 1 heterocycles. The molecule has 0 fully saturated rings. The topological polar surface area (TPSA) is 45.4 Å². The van der Waals surface area contributed by atoms with Gasteiger partial charge in [0.05, 0.1) is 11.7 Å². The fraction of sp³-hybridized carbons (Fsp3) is 0.400. The van der Waals surface area contributed by atoms with Gasteiger partial charge in [-0.25, -0.2) is 4.99 Å². The summed E-state index contributed by atoms with van der Waals surface area (Å²) in [6.07, 6.45) is 7.44. The molecule has 3 nitrogen and oxygen atoms in total. The largest absolute Gasteiger partial charge is 0.490 e. The highest BCUT2D eigenvalue weighted by atomic mass is 32.1. The molecule has 0 N–H and O–H groups in total. The van der Waals surface area contributed by atoms with Gasteiger partial charge >= 0.3 is 0 Å². The molecule has 1 atom stereocenters. The number of benzene rings is 1. The van der Waals surface area contributed by atoms with E-state index in [0.29, 0.717) is 0 Å². The predicted octanol–water partition coefficient (Wildman–Crippen LogP) is 5.43. The normalized spacial score (nSPS) is 15.0. The highest BCUT2D eigenvalue weighted by Gasteiger charge is 2.20. The van der Waals surface area contributed by atoms with E-state index < -0.39 is 0 Å². The molecule has 124 valence electrons. The van der Waals surface area contributed by atoms with E-state index in [2.05, 4.69) is 24.9 Å². The van der Waals surface area contributed by atoms with Crippen molar-refractivity contribution in [2.75, 3.05) is 0 Å². The molecule has 0 amide bonds. The number of thiophene rings is 1. The molecule has 0 saturated heterocycles. The smallest absolute Gasteiger partial charge is 0.134 e. The van der Waals surface area contributed by atoms with Crippen molar-refractivity contribution in [1.82, 2.24) is 0 Å². The summed E-state index contributed by atoms with van der Waals surface area (Å²) in [4.78, 5) is 5.98. The van der Waals surface area contributed by atoms with Crippen LogP contribution in [0.4, 0.5) is 5.00 Å². The van der Waals surface area contributed by atoms with Crippen LogP contribution in [-0.2, 0) is 12.8 Å². The average Bonchev–Trinajstić information content (AvgIpc) is 2.98. The van der Waals surface area contributed by atoms with E-state index in [9.17, 15) is 5.26 Å². The molecule has 0 spiro atoms. The summed E-state index contributed by atoms with van der Waals surface area (Å²) in [5.74, 6) is 0.843. The Morgan fingerprint density at radius 3 is 2.92 bits per heavy atom. The SMILES string of the molecule is CC[C@@H](C)Oc1ccccc1C=Nc1sc2c(c1C#N)CCCC2. The number of ether oxygens (including phenoxy) is 1. The molecule has 0 bridgehead atoms. The Labute approximate surface area is 147 Å². The average molecular weight is 338 g/mol. The maximum Gasteiger partial charge on any atom is 0.134 e. The van der Waals surface area contributed by atoms with Gasteiger partial charge in [-0.3, -0.25) is 0 Å². The lowest BCUT2D eigenvalue weighted by atomic mass is 9.96. The van der Waals surface area contributed by atoms with E-state index in [4.69, 9.17) is 4.74 Å². The fourth-order valence-electron chi connectivity index (χ4n) is 2.88. The van der Waals surface area contributed by atoms with Crippen LogP contribution in [0.3, 0.4) is 0 Å². The van der Waals surface area contributed by atoms with Crippen LogP contribution in [-0.4, -0.2) is 12.3 Å². The Morgan fingerprint density at radius 1 is 1.33 bits per heavy atom. The lowest BCUT2D eigenvalue weighted by molar-refractivity contribution is 0.217. The second-order valence-corrected chi connectivity index (χ2v) is 7.22. The zero-order chi connectivity index (χ0) is 16.9. The quantitative estimate of drug-likeness (QED) is 0.683. The summed E-state index contributed by atoms with van der Waals surface area (Å²) in [5.41, 5.74) is 2.95. The minimum atomic E-state index is 0.170. The molecule has 24 heavy (non-hydrogen) atoms. The van der Waals surface area contributed by atoms with E-state index in [1.807, 2.05) is 30.5 Å². The van der Waals surface area contributed by atoms with Gasteiger partial charge in [0.15, 0.2) is 0 Å². The lowest BCUT2D eigenvalue weighted by Gasteiger charge is -2.14. The minimum Gasteiger partial charge on any atom is -0.490 e. The van der Waals surface area contributed by atoms with Gasteiger partial charge in [0.2, 0.25) is 0 Å². The number of aryl methyl sites for hydroxylation is 1. The second kappa shape index (κ2) is 7.63. The van der Waals surface area contributed by atoms with Crippen molar-refractivity contribution in [3.63, 3.8) is 0 Å². The Kier molecular flexibility index (Phi) is 5.32. The van der Waals surface area contributed by atoms with Crippen molar-refractivity contribution in [2.45, 2.75) is 52.1 Å². The summed E-state index contributed by atoms with van der Waals surface area (Å²) < 4.78 is 5.97. The molecule has 0 unspecified atom stereocenters. The third-order valence-electron chi connectivity index (χ3n) is 4.41. The van der Waals surface area contributed by atoms with Gasteiger partial charge in [-0.1, -0.05) is 19.1 Å². The predicted molar refractivity (Wildman–Crippen MR) is 99.8 cm³/mol. The second-order valence-electron chi connectivity index (χ2n) is 6.14. The van der Waals surface area contributed by atoms with Crippen LogP contribution in [0, 0.1) is 11.3 Å². The number of para-hydroxylation sites is 1. The van der Waals surface area contributed by atoms with Gasteiger partial charge in [0, 0.05) is 16.7 Å². The summed E-state index contributed by atoms with van der Waals surface area (Å²) in [7, 11) is 0. The summed E-state index contributed by atoms with van der Waals surface area (Å²) in [6, 6.07) is 10.3. The van der Waals surface area contributed by atoms with Gasteiger partial charge in [0.25, 0.3) is 0 Å². The minimum absolute atomic E-state index is 0.170. The molecular weight excluding hydrogens is 316 g/mol.